The van der Waals surface area contributed by atoms with Crippen LogP contribution in [-0.2, 0) is 11.3 Å². The summed E-state index contributed by atoms with van der Waals surface area (Å²) in [5.74, 6) is 0.348. The van der Waals surface area contributed by atoms with E-state index >= 15 is 0 Å². The van der Waals surface area contributed by atoms with Crippen molar-refractivity contribution in [1.29, 1.82) is 0 Å². The first-order valence-corrected chi connectivity index (χ1v) is 10.9. The lowest BCUT2D eigenvalue weighted by atomic mass is 10.1. The zero-order valence-corrected chi connectivity index (χ0v) is 18.2. The minimum atomic E-state index is -0.0976. The van der Waals surface area contributed by atoms with Crippen molar-refractivity contribution in [3.8, 4) is 0 Å². The van der Waals surface area contributed by atoms with Crippen LogP contribution in [0.5, 0.6) is 0 Å². The molecule has 0 saturated carbocycles. The molecular weight excluding hydrogens is 398 g/mol. The van der Waals surface area contributed by atoms with Crippen molar-refractivity contribution < 1.29 is 9.59 Å². The van der Waals surface area contributed by atoms with Crippen molar-refractivity contribution in [2.24, 2.45) is 5.92 Å². The molecule has 30 heavy (non-hydrogen) atoms. The number of nitrogens with one attached hydrogen (secondary N) is 1. The average molecular weight is 424 g/mol. The van der Waals surface area contributed by atoms with Gasteiger partial charge in [0.2, 0.25) is 5.91 Å². The van der Waals surface area contributed by atoms with Crippen LogP contribution in [0.1, 0.15) is 37.6 Å². The summed E-state index contributed by atoms with van der Waals surface area (Å²) in [7, 11) is 0. The average Bonchev–Trinajstić information content (AvgIpc) is 2.72. The summed E-state index contributed by atoms with van der Waals surface area (Å²) in [4.78, 5) is 41.7. The van der Waals surface area contributed by atoms with Gasteiger partial charge in [0.1, 0.15) is 0 Å². The second-order valence-corrected chi connectivity index (χ2v) is 8.34. The smallest absolute Gasteiger partial charge is 0.262 e. The maximum absolute atomic E-state index is 12.7. The van der Waals surface area contributed by atoms with Crippen LogP contribution >= 0.6 is 11.8 Å². The van der Waals surface area contributed by atoms with Gasteiger partial charge in [-0.2, -0.15) is 0 Å². The molecule has 6 nitrogen and oxygen atoms in total. The van der Waals surface area contributed by atoms with Crippen molar-refractivity contribution in [3.05, 3.63) is 64.4 Å². The molecule has 7 heteroatoms. The number of carbonyl (C=O) groups is 2. The van der Waals surface area contributed by atoms with E-state index < -0.39 is 0 Å². The molecule has 0 aliphatic carbocycles. The highest BCUT2D eigenvalue weighted by Crippen LogP contribution is 2.20. The van der Waals surface area contributed by atoms with Crippen LogP contribution in [-0.4, -0.2) is 27.0 Å². The Labute approximate surface area is 179 Å². The summed E-state index contributed by atoms with van der Waals surface area (Å²) in [6, 6.07) is 14.1. The molecule has 3 rings (SSSR count). The van der Waals surface area contributed by atoms with Crippen LogP contribution < -0.4 is 10.9 Å². The molecule has 156 valence electrons. The monoisotopic (exact) mass is 423 g/mol. The first-order chi connectivity index (χ1) is 14.4. The summed E-state index contributed by atoms with van der Waals surface area (Å²) in [5, 5.41) is 3.94. The maximum atomic E-state index is 12.7. The van der Waals surface area contributed by atoms with Crippen molar-refractivity contribution in [1.82, 2.24) is 9.55 Å². The fourth-order valence-electron chi connectivity index (χ4n) is 3.07. The zero-order valence-electron chi connectivity index (χ0n) is 17.3. The van der Waals surface area contributed by atoms with Crippen LogP contribution in [0.2, 0.25) is 0 Å². The van der Waals surface area contributed by atoms with Gasteiger partial charge in [-0.1, -0.05) is 37.7 Å². The van der Waals surface area contributed by atoms with Gasteiger partial charge < -0.3 is 5.32 Å². The second kappa shape index (κ2) is 9.71. The van der Waals surface area contributed by atoms with Gasteiger partial charge in [-0.25, -0.2) is 4.98 Å². The van der Waals surface area contributed by atoms with E-state index in [-0.39, 0.29) is 28.9 Å². The van der Waals surface area contributed by atoms with E-state index in [9.17, 15) is 14.4 Å². The van der Waals surface area contributed by atoms with E-state index in [2.05, 4.69) is 10.3 Å². The molecule has 0 aliphatic rings. The van der Waals surface area contributed by atoms with Gasteiger partial charge in [-0.05, 0) is 49.2 Å². The number of aromatic nitrogens is 2. The number of thioether (sulfide) groups is 1. The Bertz CT molecular complexity index is 1120. The lowest BCUT2D eigenvalue weighted by Gasteiger charge is -2.11. The molecule has 0 fully saturated rings. The first-order valence-electron chi connectivity index (χ1n) is 9.94. The van der Waals surface area contributed by atoms with Crippen LogP contribution in [0, 0.1) is 5.92 Å². The van der Waals surface area contributed by atoms with E-state index in [1.807, 2.05) is 32.9 Å². The Morgan fingerprint density at radius 1 is 1.10 bits per heavy atom. The molecule has 0 saturated heterocycles. The van der Waals surface area contributed by atoms with Gasteiger partial charge >= 0.3 is 0 Å². The van der Waals surface area contributed by atoms with Crippen molar-refractivity contribution >= 4 is 40.0 Å². The molecule has 0 aliphatic heterocycles. The third-order valence-corrected chi connectivity index (χ3v) is 5.54. The normalized spacial score (nSPS) is 11.1. The summed E-state index contributed by atoms with van der Waals surface area (Å²) < 4.78 is 1.59. The standard InChI is InChI=1S/C23H25N3O3S/c1-4-26-22(29)18-7-5-6-8-19(18)25-23(26)30-14-20(27)16-9-11-17(12-10-16)24-21(28)13-15(2)3/h5-12,15H,4,13-14H2,1-3H3,(H,24,28). The Morgan fingerprint density at radius 3 is 2.47 bits per heavy atom. The number of benzene rings is 2. The van der Waals surface area contributed by atoms with Gasteiger partial charge in [0.05, 0.1) is 16.7 Å². The SMILES string of the molecule is CCn1c(SCC(=O)c2ccc(NC(=O)CC(C)C)cc2)nc2ccccc2c1=O. The molecule has 1 amide bonds. The first kappa shape index (κ1) is 21.8. The third-order valence-electron chi connectivity index (χ3n) is 4.56. The van der Waals surface area contributed by atoms with E-state index in [0.717, 1.165) is 0 Å². The number of hydrogen-bond donors (Lipinski definition) is 1. The van der Waals surface area contributed by atoms with Crippen molar-refractivity contribution in [3.63, 3.8) is 0 Å². The number of rotatable bonds is 8. The highest BCUT2D eigenvalue weighted by Gasteiger charge is 2.13. The molecule has 1 aromatic heterocycles. The number of amides is 1. The number of hydrogen-bond acceptors (Lipinski definition) is 5. The third kappa shape index (κ3) is 5.16. The Balaban J connectivity index is 1.70. The minimum absolute atomic E-state index is 0.0421. The van der Waals surface area contributed by atoms with Crippen molar-refractivity contribution in [2.45, 2.75) is 38.9 Å². The number of Topliss-reactive ketones (excluding diaryl/α,β-unsaturated/α-hetero) is 1. The molecule has 1 N–H and O–H groups in total. The zero-order chi connectivity index (χ0) is 21.7. The highest BCUT2D eigenvalue weighted by molar-refractivity contribution is 7.99. The summed E-state index contributed by atoms with van der Waals surface area (Å²) >= 11 is 1.26. The minimum Gasteiger partial charge on any atom is -0.326 e. The molecular formula is C23H25N3O3S. The van der Waals surface area contributed by atoms with Crippen LogP contribution in [0.25, 0.3) is 10.9 Å². The molecule has 2 aromatic carbocycles. The van der Waals surface area contributed by atoms with Gasteiger partial charge in [0.15, 0.2) is 10.9 Å². The van der Waals surface area contributed by atoms with Crippen molar-refractivity contribution in [2.75, 3.05) is 11.1 Å². The second-order valence-electron chi connectivity index (χ2n) is 7.40. The largest absolute Gasteiger partial charge is 0.326 e. The molecule has 3 aromatic rings. The number of fused-ring (bicyclic) bond motifs is 1. The number of anilines is 1. The fraction of sp³-hybridized carbons (Fsp3) is 0.304. The summed E-state index contributed by atoms with van der Waals surface area (Å²) in [6.07, 6.45) is 0.454. The summed E-state index contributed by atoms with van der Waals surface area (Å²) in [6.45, 7) is 6.34. The molecule has 0 bridgehead atoms. The highest BCUT2D eigenvalue weighted by atomic mass is 32.2. The van der Waals surface area contributed by atoms with Gasteiger partial charge in [0, 0.05) is 24.2 Å². The van der Waals surface area contributed by atoms with Crippen LogP contribution in [0.15, 0.2) is 58.5 Å². The Morgan fingerprint density at radius 2 is 1.80 bits per heavy atom. The predicted octanol–water partition coefficient (Wildman–Crippen LogP) is 4.38. The maximum Gasteiger partial charge on any atom is 0.262 e. The number of nitrogens with zero attached hydrogens (tertiary/aromatic N) is 2. The predicted molar refractivity (Wildman–Crippen MR) is 121 cm³/mol. The fourth-order valence-corrected chi connectivity index (χ4v) is 4.03. The Hall–Kier alpha value is -2.93. The molecule has 0 radical (unpaired) electrons. The van der Waals surface area contributed by atoms with E-state index in [1.165, 1.54) is 11.8 Å². The summed E-state index contributed by atoms with van der Waals surface area (Å²) in [5.41, 5.74) is 1.75. The molecule has 1 heterocycles. The number of para-hydroxylation sites is 1. The molecule has 0 spiro atoms. The number of ketones is 1. The number of carbonyl (C=O) groups excluding carboxylic acids is 2. The lowest BCUT2D eigenvalue weighted by molar-refractivity contribution is -0.116. The lowest BCUT2D eigenvalue weighted by Crippen LogP contribution is -2.22. The van der Waals surface area contributed by atoms with E-state index in [0.29, 0.717) is 40.3 Å². The van der Waals surface area contributed by atoms with Crippen LogP contribution in [0.4, 0.5) is 5.69 Å². The quantitative estimate of drug-likeness (QED) is 0.330. The van der Waals surface area contributed by atoms with Gasteiger partial charge in [-0.3, -0.25) is 19.0 Å². The van der Waals surface area contributed by atoms with E-state index in [1.54, 1.807) is 41.0 Å². The van der Waals surface area contributed by atoms with Crippen LogP contribution in [0.3, 0.4) is 0 Å². The molecule has 0 unspecified atom stereocenters. The van der Waals surface area contributed by atoms with Gasteiger partial charge in [-0.15, -0.1) is 0 Å². The Kier molecular flexibility index (Phi) is 7.05. The van der Waals surface area contributed by atoms with Gasteiger partial charge in [0.25, 0.3) is 5.56 Å². The van der Waals surface area contributed by atoms with E-state index in [4.69, 9.17) is 0 Å². The topological polar surface area (TPSA) is 81.1 Å². The molecule has 0 atom stereocenters.